The maximum atomic E-state index is 12.9. The van der Waals surface area contributed by atoms with Crippen LogP contribution in [-0.4, -0.2) is 47.7 Å². The van der Waals surface area contributed by atoms with Crippen molar-refractivity contribution in [1.82, 2.24) is 5.32 Å². The lowest BCUT2D eigenvalue weighted by molar-refractivity contribution is -0.118. The molecule has 0 radical (unpaired) electrons. The number of nitrogens with one attached hydrogen (secondary N) is 2. The molecule has 0 saturated carbocycles. The monoisotopic (exact) mass is 490 g/mol. The van der Waals surface area contributed by atoms with Gasteiger partial charge in [0.1, 0.15) is 12.6 Å². The molecule has 0 spiro atoms. The number of carboxylic acid groups (broad SMARTS) is 1. The largest absolute Gasteiger partial charge is 0.478 e. The molecule has 0 aromatic heterocycles. The molecule has 180 valence electrons. The van der Waals surface area contributed by atoms with E-state index in [1.165, 1.54) is 12.1 Å². The van der Waals surface area contributed by atoms with Gasteiger partial charge >= 0.3 is 12.1 Å². The number of ether oxygens (including phenoxy) is 1. The molecule has 8 heteroatoms. The van der Waals surface area contributed by atoms with Gasteiger partial charge < -0.3 is 20.5 Å². The summed E-state index contributed by atoms with van der Waals surface area (Å²) < 4.78 is 5.59. The Kier molecular flexibility index (Phi) is 7.72. The van der Waals surface area contributed by atoms with Gasteiger partial charge in [0.2, 0.25) is 5.91 Å². The van der Waals surface area contributed by atoms with Crippen molar-refractivity contribution in [1.29, 1.82) is 0 Å². The highest BCUT2D eigenvalue weighted by molar-refractivity contribution is 7.98. The summed E-state index contributed by atoms with van der Waals surface area (Å²) in [4.78, 5) is 36.8. The Bertz CT molecular complexity index is 1200. The lowest BCUT2D eigenvalue weighted by Crippen LogP contribution is -2.44. The Morgan fingerprint density at radius 3 is 2.26 bits per heavy atom. The van der Waals surface area contributed by atoms with Gasteiger partial charge in [-0.25, -0.2) is 9.59 Å². The Balaban J connectivity index is 1.41. The molecule has 1 aliphatic carbocycles. The van der Waals surface area contributed by atoms with Crippen LogP contribution >= 0.6 is 11.8 Å². The average Bonchev–Trinajstić information content (AvgIpc) is 3.19. The third kappa shape index (κ3) is 5.66. The van der Waals surface area contributed by atoms with Gasteiger partial charge in [-0.05, 0) is 58.9 Å². The number of hydrogen-bond donors (Lipinski definition) is 3. The van der Waals surface area contributed by atoms with E-state index >= 15 is 0 Å². The summed E-state index contributed by atoms with van der Waals surface area (Å²) in [5.74, 6) is -0.950. The number of carboxylic acids is 1. The first kappa shape index (κ1) is 24.3. The van der Waals surface area contributed by atoms with Crippen molar-refractivity contribution in [3.05, 3.63) is 89.5 Å². The lowest BCUT2D eigenvalue weighted by Gasteiger charge is -2.19. The Morgan fingerprint density at radius 2 is 1.63 bits per heavy atom. The van der Waals surface area contributed by atoms with E-state index in [0.717, 1.165) is 22.3 Å². The number of benzene rings is 3. The normalized spacial score (nSPS) is 12.8. The number of anilines is 1. The second-order valence-corrected chi connectivity index (χ2v) is 9.16. The second kappa shape index (κ2) is 11.1. The molecular weight excluding hydrogens is 464 g/mol. The SMILES string of the molecule is CSCC[C@H](NC(=O)OCC1c2ccccc2-c2ccccc21)C(=O)Nc1cccc(C(=O)O)c1. The Morgan fingerprint density at radius 1 is 0.971 bits per heavy atom. The van der Waals surface area contributed by atoms with Crippen LogP contribution in [0, 0.1) is 0 Å². The summed E-state index contributed by atoms with van der Waals surface area (Å²) in [6.07, 6.45) is 1.64. The van der Waals surface area contributed by atoms with Crippen molar-refractivity contribution in [2.24, 2.45) is 0 Å². The predicted octanol–water partition coefficient (Wildman–Crippen LogP) is 4.98. The first-order valence-electron chi connectivity index (χ1n) is 11.2. The van der Waals surface area contributed by atoms with Crippen LogP contribution in [0.4, 0.5) is 10.5 Å². The van der Waals surface area contributed by atoms with Crippen molar-refractivity contribution in [2.45, 2.75) is 18.4 Å². The van der Waals surface area contributed by atoms with Gasteiger partial charge in [0.05, 0.1) is 5.56 Å². The average molecular weight is 491 g/mol. The quantitative estimate of drug-likeness (QED) is 0.391. The molecule has 0 fully saturated rings. The van der Waals surface area contributed by atoms with E-state index in [-0.39, 0.29) is 18.1 Å². The molecule has 7 nitrogen and oxygen atoms in total. The molecule has 0 saturated heterocycles. The van der Waals surface area contributed by atoms with E-state index in [2.05, 4.69) is 22.8 Å². The standard InChI is InChI=1S/C27H26N2O5S/c1-35-14-13-24(25(30)28-18-8-6-7-17(15-18)26(31)32)29-27(33)34-16-23-21-11-4-2-9-19(21)20-10-3-5-12-22(20)23/h2-12,15,23-24H,13-14,16H2,1H3,(H,28,30)(H,29,33)(H,31,32)/t24-/m0/s1. The number of hydrogen-bond acceptors (Lipinski definition) is 5. The molecule has 2 amide bonds. The van der Waals surface area contributed by atoms with E-state index in [4.69, 9.17) is 4.74 Å². The second-order valence-electron chi connectivity index (χ2n) is 8.18. The summed E-state index contributed by atoms with van der Waals surface area (Å²) in [6, 6.07) is 21.3. The minimum absolute atomic E-state index is 0.0629. The zero-order chi connectivity index (χ0) is 24.8. The number of amides is 2. The van der Waals surface area contributed by atoms with Crippen molar-refractivity contribution in [3.63, 3.8) is 0 Å². The van der Waals surface area contributed by atoms with Crippen LogP contribution in [0.5, 0.6) is 0 Å². The van der Waals surface area contributed by atoms with Gasteiger partial charge in [-0.1, -0.05) is 54.6 Å². The summed E-state index contributed by atoms with van der Waals surface area (Å²) in [5, 5.41) is 14.5. The smallest absolute Gasteiger partial charge is 0.407 e. The number of aromatic carboxylic acids is 1. The number of rotatable bonds is 9. The molecule has 35 heavy (non-hydrogen) atoms. The van der Waals surface area contributed by atoms with Gasteiger partial charge in [0.25, 0.3) is 0 Å². The van der Waals surface area contributed by atoms with Crippen LogP contribution < -0.4 is 10.6 Å². The third-order valence-corrected chi connectivity index (χ3v) is 6.58. The first-order chi connectivity index (χ1) is 17.0. The fraction of sp³-hybridized carbons (Fsp3) is 0.222. The maximum absolute atomic E-state index is 12.9. The van der Waals surface area contributed by atoms with Crippen LogP contribution in [-0.2, 0) is 9.53 Å². The molecule has 1 atom stereocenters. The highest BCUT2D eigenvalue weighted by Crippen LogP contribution is 2.44. The zero-order valence-electron chi connectivity index (χ0n) is 19.2. The molecule has 0 aliphatic heterocycles. The number of thioether (sulfide) groups is 1. The minimum Gasteiger partial charge on any atom is -0.478 e. The molecule has 1 aliphatic rings. The van der Waals surface area contributed by atoms with Crippen molar-refractivity contribution < 1.29 is 24.2 Å². The summed E-state index contributed by atoms with van der Waals surface area (Å²) in [6.45, 7) is 0.150. The number of fused-ring (bicyclic) bond motifs is 3. The summed E-state index contributed by atoms with van der Waals surface area (Å²) in [5.41, 5.74) is 4.90. The summed E-state index contributed by atoms with van der Waals surface area (Å²) in [7, 11) is 0. The van der Waals surface area contributed by atoms with E-state index in [1.54, 1.807) is 23.9 Å². The van der Waals surface area contributed by atoms with Gasteiger partial charge in [0, 0.05) is 11.6 Å². The van der Waals surface area contributed by atoms with Crippen LogP contribution in [0.1, 0.15) is 33.8 Å². The van der Waals surface area contributed by atoms with E-state index in [0.29, 0.717) is 17.9 Å². The molecule has 3 aromatic carbocycles. The highest BCUT2D eigenvalue weighted by atomic mass is 32.2. The Hall–Kier alpha value is -3.78. The predicted molar refractivity (Wildman–Crippen MR) is 137 cm³/mol. The number of carbonyl (C=O) groups excluding carboxylic acids is 2. The third-order valence-electron chi connectivity index (χ3n) is 5.94. The van der Waals surface area contributed by atoms with Crippen LogP contribution in [0.3, 0.4) is 0 Å². The first-order valence-corrected chi connectivity index (χ1v) is 12.6. The topological polar surface area (TPSA) is 105 Å². The maximum Gasteiger partial charge on any atom is 0.407 e. The van der Waals surface area contributed by atoms with Gasteiger partial charge in [-0.15, -0.1) is 0 Å². The van der Waals surface area contributed by atoms with Crippen LogP contribution in [0.2, 0.25) is 0 Å². The van der Waals surface area contributed by atoms with Crippen LogP contribution in [0.15, 0.2) is 72.8 Å². The van der Waals surface area contributed by atoms with Gasteiger partial charge in [-0.3, -0.25) is 4.79 Å². The number of carbonyl (C=O) groups is 3. The fourth-order valence-electron chi connectivity index (χ4n) is 4.25. The molecule has 4 rings (SSSR count). The van der Waals surface area contributed by atoms with E-state index < -0.39 is 24.0 Å². The Labute approximate surface area is 207 Å². The number of alkyl carbamates (subject to hydrolysis) is 1. The van der Waals surface area contributed by atoms with Gasteiger partial charge in [-0.2, -0.15) is 11.8 Å². The zero-order valence-corrected chi connectivity index (χ0v) is 20.0. The van der Waals surface area contributed by atoms with E-state index in [1.807, 2.05) is 42.7 Å². The lowest BCUT2D eigenvalue weighted by atomic mass is 9.98. The summed E-state index contributed by atoms with van der Waals surface area (Å²) >= 11 is 1.56. The molecule has 0 unspecified atom stereocenters. The fourth-order valence-corrected chi connectivity index (χ4v) is 4.72. The molecule has 0 bridgehead atoms. The molecule has 0 heterocycles. The highest BCUT2D eigenvalue weighted by Gasteiger charge is 2.29. The van der Waals surface area contributed by atoms with Crippen molar-refractivity contribution in [2.75, 3.05) is 23.9 Å². The van der Waals surface area contributed by atoms with Gasteiger partial charge in [0.15, 0.2) is 0 Å². The van der Waals surface area contributed by atoms with Crippen molar-refractivity contribution >= 4 is 35.4 Å². The molecule has 3 aromatic rings. The van der Waals surface area contributed by atoms with E-state index in [9.17, 15) is 19.5 Å². The van der Waals surface area contributed by atoms with Crippen LogP contribution in [0.25, 0.3) is 11.1 Å². The minimum atomic E-state index is -1.09. The molecular formula is C27H26N2O5S. The van der Waals surface area contributed by atoms with Crippen molar-refractivity contribution in [3.8, 4) is 11.1 Å². The molecule has 3 N–H and O–H groups in total.